The molecule has 0 saturated carbocycles. The average Bonchev–Trinajstić information content (AvgIpc) is 2.99. The monoisotopic (exact) mass is 340 g/mol. The normalized spacial score (nSPS) is 23.2. The number of methoxy groups -OCH3 is 2. The lowest BCUT2D eigenvalue weighted by atomic mass is 10.1. The van der Waals surface area contributed by atoms with Crippen LogP contribution in [0, 0.1) is 0 Å². The fourth-order valence-electron chi connectivity index (χ4n) is 3.31. The topological polar surface area (TPSA) is 67.8 Å². The largest absolute Gasteiger partial charge is 0.383 e. The molecule has 0 radical (unpaired) electrons. The van der Waals surface area contributed by atoms with Crippen LogP contribution >= 0.6 is 11.6 Å². The molecule has 7 nitrogen and oxygen atoms in total. The van der Waals surface area contributed by atoms with Gasteiger partial charge in [-0.25, -0.2) is 4.98 Å². The van der Waals surface area contributed by atoms with Crippen LogP contribution in [-0.4, -0.2) is 61.9 Å². The lowest BCUT2D eigenvalue weighted by Gasteiger charge is -2.39. The van der Waals surface area contributed by atoms with Crippen LogP contribution in [0.1, 0.15) is 19.0 Å². The molecule has 1 fully saturated rings. The van der Waals surface area contributed by atoms with E-state index in [-0.39, 0.29) is 23.3 Å². The molecule has 2 atom stereocenters. The Bertz CT molecular complexity index is 613. The fraction of sp³-hybridized carbons (Fsp3) is 0.667. The number of amides is 1. The highest BCUT2D eigenvalue weighted by molar-refractivity contribution is 6.28. The molecule has 8 heteroatoms. The van der Waals surface area contributed by atoms with Gasteiger partial charge in [-0.05, 0) is 18.0 Å². The van der Waals surface area contributed by atoms with Crippen LogP contribution in [0.5, 0.6) is 0 Å². The summed E-state index contributed by atoms with van der Waals surface area (Å²) in [5, 5.41) is 0.209. The van der Waals surface area contributed by atoms with Crippen molar-refractivity contribution in [3.05, 3.63) is 11.0 Å². The van der Waals surface area contributed by atoms with Crippen LogP contribution in [0.3, 0.4) is 0 Å². The predicted octanol–water partition coefficient (Wildman–Crippen LogP) is 1.28. The molecule has 0 spiro atoms. The summed E-state index contributed by atoms with van der Waals surface area (Å²) in [6.45, 7) is 3.56. The second-order valence-electron chi connectivity index (χ2n) is 5.71. The van der Waals surface area contributed by atoms with Crippen LogP contribution in [0.25, 0.3) is 0 Å². The lowest BCUT2D eigenvalue weighted by Crippen LogP contribution is -2.52. The highest BCUT2D eigenvalue weighted by atomic mass is 35.5. The Morgan fingerprint density at radius 2 is 2.13 bits per heavy atom. The van der Waals surface area contributed by atoms with E-state index < -0.39 is 0 Å². The molecule has 2 aliphatic heterocycles. The van der Waals surface area contributed by atoms with Gasteiger partial charge in [-0.2, -0.15) is 4.98 Å². The third-order valence-electron chi connectivity index (χ3n) is 4.45. The van der Waals surface area contributed by atoms with Crippen molar-refractivity contribution in [2.75, 3.05) is 43.7 Å². The molecule has 3 rings (SSSR count). The minimum atomic E-state index is -0.264. The summed E-state index contributed by atoms with van der Waals surface area (Å²) >= 11 is 6.10. The third kappa shape index (κ3) is 2.77. The van der Waals surface area contributed by atoms with Crippen molar-refractivity contribution in [1.29, 1.82) is 0 Å². The summed E-state index contributed by atoms with van der Waals surface area (Å²) in [5.74, 6) is 0.775. The first-order chi connectivity index (χ1) is 11.1. The molecule has 1 saturated heterocycles. The molecule has 0 N–H and O–H groups in total. The Kier molecular flexibility index (Phi) is 4.70. The Morgan fingerprint density at radius 3 is 2.78 bits per heavy atom. The van der Waals surface area contributed by atoms with Gasteiger partial charge in [-0.1, -0.05) is 6.92 Å². The van der Waals surface area contributed by atoms with Crippen LogP contribution < -0.4 is 9.80 Å². The van der Waals surface area contributed by atoms with Crippen molar-refractivity contribution >= 4 is 29.0 Å². The van der Waals surface area contributed by atoms with Gasteiger partial charge in [0.1, 0.15) is 11.7 Å². The van der Waals surface area contributed by atoms with Crippen molar-refractivity contribution in [2.24, 2.45) is 0 Å². The van der Waals surface area contributed by atoms with Gasteiger partial charge >= 0.3 is 0 Å². The maximum Gasteiger partial charge on any atom is 0.250 e. The molecule has 126 valence electrons. The van der Waals surface area contributed by atoms with E-state index in [2.05, 4.69) is 9.97 Å². The van der Waals surface area contributed by atoms with E-state index in [9.17, 15) is 4.79 Å². The number of ether oxygens (including phenoxy) is 2. The van der Waals surface area contributed by atoms with Crippen LogP contribution in [0.2, 0.25) is 5.28 Å². The van der Waals surface area contributed by atoms with Crippen molar-refractivity contribution < 1.29 is 14.3 Å². The number of carbonyl (C=O) groups is 1. The molecule has 0 aliphatic carbocycles. The number of fused-ring (bicyclic) bond motifs is 3. The van der Waals surface area contributed by atoms with E-state index in [0.717, 1.165) is 17.2 Å². The zero-order valence-electron chi connectivity index (χ0n) is 13.6. The van der Waals surface area contributed by atoms with Gasteiger partial charge in [0.05, 0.1) is 18.4 Å². The minimum absolute atomic E-state index is 0.0120. The number of aryl methyl sites for hydroxylation is 1. The number of anilines is 2. The van der Waals surface area contributed by atoms with E-state index in [1.54, 1.807) is 19.1 Å². The number of hydrogen-bond acceptors (Lipinski definition) is 6. The molecule has 0 bridgehead atoms. The van der Waals surface area contributed by atoms with Crippen LogP contribution in [-0.2, 0) is 20.7 Å². The van der Waals surface area contributed by atoms with Crippen LogP contribution in [0.15, 0.2) is 0 Å². The van der Waals surface area contributed by atoms with Crippen LogP contribution in [0.4, 0.5) is 11.5 Å². The second kappa shape index (κ2) is 6.59. The minimum Gasteiger partial charge on any atom is -0.383 e. The van der Waals surface area contributed by atoms with Crippen molar-refractivity contribution in [1.82, 2.24) is 9.97 Å². The number of aromatic nitrogens is 2. The molecule has 0 aromatic carbocycles. The molecule has 2 aliphatic rings. The van der Waals surface area contributed by atoms with E-state index >= 15 is 0 Å². The number of carbonyl (C=O) groups excluding carboxylic acids is 1. The van der Waals surface area contributed by atoms with Gasteiger partial charge in [-0.15, -0.1) is 0 Å². The molecule has 2 unspecified atom stereocenters. The molecule has 1 aromatic rings. The van der Waals surface area contributed by atoms with Gasteiger partial charge < -0.3 is 19.3 Å². The molecule has 1 aromatic heterocycles. The Hall–Kier alpha value is -1.44. The number of rotatable bonds is 5. The Morgan fingerprint density at radius 1 is 1.35 bits per heavy atom. The van der Waals surface area contributed by atoms with Crippen molar-refractivity contribution in [3.8, 4) is 0 Å². The zero-order valence-corrected chi connectivity index (χ0v) is 14.3. The number of hydrogen-bond donors (Lipinski definition) is 0. The van der Waals surface area contributed by atoms with Gasteiger partial charge in [0.15, 0.2) is 5.82 Å². The molecular weight excluding hydrogens is 320 g/mol. The summed E-state index contributed by atoms with van der Waals surface area (Å²) in [6, 6.07) is -0.264. The second-order valence-corrected chi connectivity index (χ2v) is 6.05. The Balaban J connectivity index is 2.10. The predicted molar refractivity (Wildman–Crippen MR) is 87.2 cm³/mol. The number of halogens is 1. The summed E-state index contributed by atoms with van der Waals surface area (Å²) < 4.78 is 10.6. The van der Waals surface area contributed by atoms with Gasteiger partial charge in [0, 0.05) is 33.7 Å². The highest BCUT2D eigenvalue weighted by Crippen LogP contribution is 2.41. The summed E-state index contributed by atoms with van der Waals surface area (Å²) in [6.07, 6.45) is 1.34. The lowest BCUT2D eigenvalue weighted by molar-refractivity contribution is -0.120. The highest BCUT2D eigenvalue weighted by Gasteiger charge is 2.46. The maximum atomic E-state index is 13.0. The van der Waals surface area contributed by atoms with E-state index in [1.165, 1.54) is 0 Å². The SMILES string of the molecule is CCc1nc(Cl)nc2c1N(CCOC)C(=O)C1CC(OC)CN21. The molecular formula is C15H21ClN4O3. The zero-order chi connectivity index (χ0) is 16.6. The molecule has 23 heavy (non-hydrogen) atoms. The summed E-state index contributed by atoms with van der Waals surface area (Å²) in [5.41, 5.74) is 1.54. The average molecular weight is 341 g/mol. The number of nitrogens with zero attached hydrogens (tertiary/aromatic N) is 4. The standard InChI is InChI=1S/C15H21ClN4O3/c1-4-10-12-13(18-15(16)17-10)20-8-9(23-3)7-11(20)14(21)19(12)5-6-22-2/h9,11H,4-8H2,1-3H3. The summed E-state index contributed by atoms with van der Waals surface area (Å²) in [7, 11) is 3.29. The molecule has 1 amide bonds. The first kappa shape index (κ1) is 16.4. The fourth-order valence-corrected chi connectivity index (χ4v) is 3.50. The van der Waals surface area contributed by atoms with E-state index in [4.69, 9.17) is 21.1 Å². The maximum absolute atomic E-state index is 13.0. The molecule has 3 heterocycles. The van der Waals surface area contributed by atoms with Gasteiger partial charge in [0.25, 0.3) is 0 Å². The smallest absolute Gasteiger partial charge is 0.250 e. The van der Waals surface area contributed by atoms with Gasteiger partial charge in [0.2, 0.25) is 11.2 Å². The van der Waals surface area contributed by atoms with Gasteiger partial charge in [-0.3, -0.25) is 4.79 Å². The summed E-state index contributed by atoms with van der Waals surface area (Å²) in [4.78, 5) is 25.4. The first-order valence-corrected chi connectivity index (χ1v) is 8.14. The van der Waals surface area contributed by atoms with Crippen molar-refractivity contribution in [3.63, 3.8) is 0 Å². The Labute approximate surface area is 140 Å². The van der Waals surface area contributed by atoms with Crippen molar-refractivity contribution in [2.45, 2.75) is 31.9 Å². The van der Waals surface area contributed by atoms with E-state index in [1.807, 2.05) is 11.8 Å². The third-order valence-corrected chi connectivity index (χ3v) is 4.62. The van der Waals surface area contributed by atoms with E-state index in [0.29, 0.717) is 32.5 Å². The quantitative estimate of drug-likeness (QED) is 0.752. The first-order valence-electron chi connectivity index (χ1n) is 7.76.